The van der Waals surface area contributed by atoms with Crippen molar-refractivity contribution < 1.29 is 9.53 Å². The molecule has 98 valence electrons. The minimum Gasteiger partial charge on any atom is -0.378 e. The van der Waals surface area contributed by atoms with Gasteiger partial charge >= 0.3 is 0 Å². The van der Waals surface area contributed by atoms with Gasteiger partial charge in [-0.25, -0.2) is 0 Å². The topological polar surface area (TPSA) is 50.4 Å². The Labute approximate surface area is 103 Å². The van der Waals surface area contributed by atoms with Crippen molar-refractivity contribution in [2.45, 2.75) is 32.8 Å². The molecule has 2 aliphatic heterocycles. The summed E-state index contributed by atoms with van der Waals surface area (Å²) >= 11 is 0. The molecule has 2 heterocycles. The summed E-state index contributed by atoms with van der Waals surface area (Å²) in [7, 11) is 0. The molecule has 0 aromatic rings. The summed E-state index contributed by atoms with van der Waals surface area (Å²) in [6, 6.07) is 0. The zero-order chi connectivity index (χ0) is 12.3. The molecule has 2 aliphatic rings. The second-order valence-electron chi connectivity index (χ2n) is 5.58. The zero-order valence-electron chi connectivity index (χ0n) is 10.9. The fraction of sp³-hybridized carbons (Fsp3) is 0.923. The van der Waals surface area contributed by atoms with E-state index >= 15 is 0 Å². The number of amides is 1. The average molecular weight is 240 g/mol. The van der Waals surface area contributed by atoms with E-state index < -0.39 is 0 Å². The van der Waals surface area contributed by atoms with Gasteiger partial charge in [0.15, 0.2) is 0 Å². The maximum Gasteiger partial charge on any atom is 0.225 e. The van der Waals surface area contributed by atoms with E-state index in [1.54, 1.807) is 0 Å². The molecule has 2 N–H and O–H groups in total. The van der Waals surface area contributed by atoms with Gasteiger partial charge < -0.3 is 15.4 Å². The molecule has 0 bridgehead atoms. The van der Waals surface area contributed by atoms with Crippen LogP contribution in [0.1, 0.15) is 26.7 Å². The van der Waals surface area contributed by atoms with Crippen molar-refractivity contribution in [2.24, 2.45) is 17.8 Å². The Morgan fingerprint density at radius 2 is 2.24 bits per heavy atom. The number of hydrogen-bond acceptors (Lipinski definition) is 3. The largest absolute Gasteiger partial charge is 0.378 e. The van der Waals surface area contributed by atoms with Gasteiger partial charge in [0.1, 0.15) is 0 Å². The van der Waals surface area contributed by atoms with Crippen molar-refractivity contribution in [3.63, 3.8) is 0 Å². The maximum absolute atomic E-state index is 11.8. The number of rotatable bonds is 4. The van der Waals surface area contributed by atoms with Crippen LogP contribution in [0.25, 0.3) is 0 Å². The molecule has 2 atom stereocenters. The number of hydrogen-bond donors (Lipinski definition) is 2. The van der Waals surface area contributed by atoms with E-state index in [1.165, 1.54) is 6.42 Å². The Kier molecular flexibility index (Phi) is 4.40. The van der Waals surface area contributed by atoms with Gasteiger partial charge in [-0.3, -0.25) is 4.79 Å². The summed E-state index contributed by atoms with van der Waals surface area (Å²) < 4.78 is 5.82. The lowest BCUT2D eigenvalue weighted by Crippen LogP contribution is -2.52. The lowest BCUT2D eigenvalue weighted by Gasteiger charge is -2.35. The molecule has 17 heavy (non-hydrogen) atoms. The van der Waals surface area contributed by atoms with Crippen molar-refractivity contribution in [1.82, 2.24) is 10.6 Å². The lowest BCUT2D eigenvalue weighted by molar-refractivity contribution is -0.127. The lowest BCUT2D eigenvalue weighted by atomic mass is 9.87. The molecule has 2 unspecified atom stereocenters. The Hall–Kier alpha value is -0.610. The van der Waals surface area contributed by atoms with E-state index in [0.29, 0.717) is 17.9 Å². The monoisotopic (exact) mass is 240 g/mol. The standard InChI is InChI=1S/C13H24N2O2/c1-9(2)12-10(4-3-5-17-12)8-15-13(16)11-6-14-7-11/h9-12,14H,3-8H2,1-2H3,(H,15,16). The van der Waals surface area contributed by atoms with E-state index in [2.05, 4.69) is 24.5 Å². The SMILES string of the molecule is CC(C)C1OCCCC1CNC(=O)C1CNC1. The van der Waals surface area contributed by atoms with Crippen LogP contribution in [0.15, 0.2) is 0 Å². The van der Waals surface area contributed by atoms with Crippen molar-refractivity contribution in [1.29, 1.82) is 0 Å². The predicted octanol–water partition coefficient (Wildman–Crippen LogP) is 0.773. The van der Waals surface area contributed by atoms with Crippen LogP contribution in [-0.4, -0.2) is 38.3 Å². The van der Waals surface area contributed by atoms with Gasteiger partial charge in [0.25, 0.3) is 0 Å². The van der Waals surface area contributed by atoms with Crippen LogP contribution >= 0.6 is 0 Å². The first kappa shape index (κ1) is 12.8. The highest BCUT2D eigenvalue weighted by molar-refractivity contribution is 5.79. The molecule has 2 saturated heterocycles. The molecule has 0 spiro atoms. The van der Waals surface area contributed by atoms with Gasteiger partial charge in [0.05, 0.1) is 12.0 Å². The summed E-state index contributed by atoms with van der Waals surface area (Å²) in [4.78, 5) is 11.8. The molecule has 1 amide bonds. The van der Waals surface area contributed by atoms with Crippen LogP contribution < -0.4 is 10.6 Å². The average Bonchev–Trinajstić information content (AvgIpc) is 2.24. The molecule has 0 saturated carbocycles. The van der Waals surface area contributed by atoms with Gasteiger partial charge in [-0.15, -0.1) is 0 Å². The number of ether oxygens (including phenoxy) is 1. The predicted molar refractivity (Wildman–Crippen MR) is 66.7 cm³/mol. The minimum absolute atomic E-state index is 0.192. The van der Waals surface area contributed by atoms with E-state index in [1.807, 2.05) is 0 Å². The minimum atomic E-state index is 0.192. The third-order valence-corrected chi connectivity index (χ3v) is 3.84. The number of carbonyl (C=O) groups excluding carboxylic acids is 1. The van der Waals surface area contributed by atoms with Crippen molar-refractivity contribution in [3.8, 4) is 0 Å². The third kappa shape index (κ3) is 3.19. The Morgan fingerprint density at radius 1 is 1.47 bits per heavy atom. The smallest absolute Gasteiger partial charge is 0.225 e. The quantitative estimate of drug-likeness (QED) is 0.763. The fourth-order valence-electron chi connectivity index (χ4n) is 2.67. The summed E-state index contributed by atoms with van der Waals surface area (Å²) in [6.07, 6.45) is 2.60. The van der Waals surface area contributed by atoms with Gasteiger partial charge in [-0.05, 0) is 18.8 Å². The second kappa shape index (κ2) is 5.83. The molecule has 0 radical (unpaired) electrons. The normalized spacial score (nSPS) is 30.1. The summed E-state index contributed by atoms with van der Waals surface area (Å²) in [5.74, 6) is 1.41. The van der Waals surface area contributed by atoms with Crippen LogP contribution in [0.3, 0.4) is 0 Å². The highest BCUT2D eigenvalue weighted by Gasteiger charge is 2.30. The van der Waals surface area contributed by atoms with Crippen molar-refractivity contribution >= 4 is 5.91 Å². The highest BCUT2D eigenvalue weighted by Crippen LogP contribution is 2.25. The Bertz CT molecular complexity index is 264. The molecule has 0 aromatic heterocycles. The first-order valence-electron chi connectivity index (χ1n) is 6.78. The van der Waals surface area contributed by atoms with Crippen LogP contribution in [-0.2, 0) is 9.53 Å². The molecule has 4 nitrogen and oxygen atoms in total. The maximum atomic E-state index is 11.8. The van der Waals surface area contributed by atoms with Crippen molar-refractivity contribution in [2.75, 3.05) is 26.2 Å². The molecular weight excluding hydrogens is 216 g/mol. The van der Waals surface area contributed by atoms with E-state index in [4.69, 9.17) is 4.74 Å². The molecule has 2 rings (SSSR count). The number of nitrogens with one attached hydrogen (secondary N) is 2. The highest BCUT2D eigenvalue weighted by atomic mass is 16.5. The fourth-order valence-corrected chi connectivity index (χ4v) is 2.67. The van der Waals surface area contributed by atoms with Crippen LogP contribution in [0.4, 0.5) is 0 Å². The van der Waals surface area contributed by atoms with E-state index in [-0.39, 0.29) is 11.8 Å². The summed E-state index contributed by atoms with van der Waals surface area (Å²) in [6.45, 7) is 7.71. The zero-order valence-corrected chi connectivity index (χ0v) is 10.9. The second-order valence-corrected chi connectivity index (χ2v) is 5.58. The van der Waals surface area contributed by atoms with Gasteiger partial charge in [0, 0.05) is 32.2 Å². The molecule has 0 aromatic carbocycles. The third-order valence-electron chi connectivity index (χ3n) is 3.84. The molecule has 0 aliphatic carbocycles. The Balaban J connectivity index is 1.77. The first-order valence-corrected chi connectivity index (χ1v) is 6.78. The van der Waals surface area contributed by atoms with E-state index in [0.717, 1.165) is 32.7 Å². The van der Waals surface area contributed by atoms with Gasteiger partial charge in [-0.2, -0.15) is 0 Å². The van der Waals surface area contributed by atoms with E-state index in [9.17, 15) is 4.79 Å². The first-order chi connectivity index (χ1) is 8.18. The molecular formula is C13H24N2O2. The molecule has 4 heteroatoms. The van der Waals surface area contributed by atoms with Gasteiger partial charge in [0.2, 0.25) is 5.91 Å². The van der Waals surface area contributed by atoms with Crippen LogP contribution in [0.5, 0.6) is 0 Å². The summed E-state index contributed by atoms with van der Waals surface area (Å²) in [5, 5.41) is 6.20. The van der Waals surface area contributed by atoms with Gasteiger partial charge in [-0.1, -0.05) is 13.8 Å². The Morgan fingerprint density at radius 3 is 2.82 bits per heavy atom. The number of carbonyl (C=O) groups is 1. The van der Waals surface area contributed by atoms with Crippen LogP contribution in [0, 0.1) is 17.8 Å². The summed E-state index contributed by atoms with van der Waals surface area (Å²) in [5.41, 5.74) is 0. The van der Waals surface area contributed by atoms with Crippen LogP contribution in [0.2, 0.25) is 0 Å². The van der Waals surface area contributed by atoms with Crippen molar-refractivity contribution in [3.05, 3.63) is 0 Å². The molecule has 2 fully saturated rings.